The van der Waals surface area contributed by atoms with Gasteiger partial charge < -0.3 is 4.74 Å². The Morgan fingerprint density at radius 1 is 1.18 bits per heavy atom. The first-order valence-electron chi connectivity index (χ1n) is 7.80. The van der Waals surface area contributed by atoms with Crippen molar-refractivity contribution in [2.45, 2.75) is 6.43 Å². The SMILES string of the molecule is Cn1cc(OC(=O)Nc2cc(F)ccc2-c2ccc(Cl)c(Cl)c2)c(C(F)F)n1. The summed E-state index contributed by atoms with van der Waals surface area (Å²) in [6, 6.07) is 8.42. The molecule has 0 radical (unpaired) electrons. The zero-order valence-corrected chi connectivity index (χ0v) is 15.7. The van der Waals surface area contributed by atoms with Gasteiger partial charge >= 0.3 is 6.09 Å². The van der Waals surface area contributed by atoms with E-state index in [0.717, 1.165) is 16.9 Å². The first-order chi connectivity index (χ1) is 13.2. The summed E-state index contributed by atoms with van der Waals surface area (Å²) in [5, 5.41) is 6.49. The number of carbonyl (C=O) groups is 1. The Labute approximate surface area is 167 Å². The van der Waals surface area contributed by atoms with E-state index in [9.17, 15) is 18.0 Å². The van der Waals surface area contributed by atoms with Crippen molar-refractivity contribution in [2.24, 2.45) is 7.05 Å². The molecule has 0 aliphatic heterocycles. The first kappa shape index (κ1) is 20.0. The highest BCUT2D eigenvalue weighted by molar-refractivity contribution is 6.42. The van der Waals surface area contributed by atoms with Gasteiger partial charge in [0.25, 0.3) is 6.43 Å². The van der Waals surface area contributed by atoms with Crippen LogP contribution in [0.1, 0.15) is 12.1 Å². The lowest BCUT2D eigenvalue weighted by molar-refractivity contribution is 0.141. The van der Waals surface area contributed by atoms with Crippen LogP contribution in [-0.2, 0) is 7.05 Å². The van der Waals surface area contributed by atoms with Crippen LogP contribution in [0.5, 0.6) is 5.75 Å². The Bertz CT molecular complexity index is 1040. The smallest absolute Gasteiger partial charge is 0.406 e. The van der Waals surface area contributed by atoms with Crippen molar-refractivity contribution < 1.29 is 22.7 Å². The van der Waals surface area contributed by atoms with E-state index in [1.807, 2.05) is 0 Å². The molecular weight excluding hydrogens is 418 g/mol. The number of alkyl halides is 2. The Balaban J connectivity index is 1.89. The molecule has 2 aromatic carbocycles. The van der Waals surface area contributed by atoms with Crippen molar-refractivity contribution in [3.8, 4) is 16.9 Å². The van der Waals surface area contributed by atoms with Crippen LogP contribution in [0.2, 0.25) is 10.0 Å². The van der Waals surface area contributed by atoms with Gasteiger partial charge in [0.1, 0.15) is 5.82 Å². The van der Waals surface area contributed by atoms with E-state index in [0.29, 0.717) is 16.1 Å². The highest BCUT2D eigenvalue weighted by Crippen LogP contribution is 2.34. The van der Waals surface area contributed by atoms with Crippen LogP contribution in [-0.4, -0.2) is 15.9 Å². The maximum Gasteiger partial charge on any atom is 0.417 e. The molecule has 0 saturated heterocycles. The summed E-state index contributed by atoms with van der Waals surface area (Å²) in [7, 11) is 1.41. The van der Waals surface area contributed by atoms with Gasteiger partial charge in [-0.05, 0) is 35.9 Å². The summed E-state index contributed by atoms with van der Waals surface area (Å²) in [5.74, 6) is -1.02. The number of halogens is 5. The van der Waals surface area contributed by atoms with Gasteiger partial charge in [0.05, 0.1) is 21.9 Å². The fourth-order valence-electron chi connectivity index (χ4n) is 2.48. The van der Waals surface area contributed by atoms with E-state index in [1.54, 1.807) is 18.2 Å². The number of hydrogen-bond acceptors (Lipinski definition) is 3. The standard InChI is InChI=1S/C18H12Cl2F3N3O2/c1-26-8-15(16(25-26)17(22)23)28-18(27)24-14-7-10(21)3-4-11(14)9-2-5-12(19)13(20)6-9/h2-8,17H,1H3,(H,24,27). The van der Waals surface area contributed by atoms with Gasteiger partial charge in [-0.3, -0.25) is 10.00 Å². The number of nitrogens with zero attached hydrogens (tertiary/aromatic N) is 2. The number of aryl methyl sites for hydroxylation is 1. The van der Waals surface area contributed by atoms with Crippen LogP contribution in [0, 0.1) is 5.82 Å². The fourth-order valence-corrected chi connectivity index (χ4v) is 2.78. The maximum absolute atomic E-state index is 13.7. The number of hydrogen-bond donors (Lipinski definition) is 1. The number of carbonyl (C=O) groups excluding carboxylic acids is 1. The van der Waals surface area contributed by atoms with E-state index in [4.69, 9.17) is 27.9 Å². The van der Waals surface area contributed by atoms with Gasteiger partial charge in [-0.25, -0.2) is 18.0 Å². The Hall–Kier alpha value is -2.71. The molecule has 0 saturated carbocycles. The van der Waals surface area contributed by atoms with Crippen molar-refractivity contribution in [2.75, 3.05) is 5.32 Å². The van der Waals surface area contributed by atoms with Crippen molar-refractivity contribution in [3.63, 3.8) is 0 Å². The largest absolute Gasteiger partial charge is 0.417 e. The van der Waals surface area contributed by atoms with Gasteiger partial charge in [0.15, 0.2) is 11.4 Å². The Kier molecular flexibility index (Phi) is 5.81. The van der Waals surface area contributed by atoms with Crippen molar-refractivity contribution in [3.05, 3.63) is 64.2 Å². The number of rotatable bonds is 4. The normalized spacial score (nSPS) is 11.0. The van der Waals surface area contributed by atoms with Crippen LogP contribution < -0.4 is 10.1 Å². The lowest BCUT2D eigenvalue weighted by Gasteiger charge is -2.12. The molecule has 28 heavy (non-hydrogen) atoms. The number of ether oxygens (including phenoxy) is 1. The molecule has 0 aliphatic carbocycles. The predicted molar refractivity (Wildman–Crippen MR) is 99.7 cm³/mol. The summed E-state index contributed by atoms with van der Waals surface area (Å²) in [5.41, 5.74) is 0.365. The van der Waals surface area contributed by atoms with Crippen LogP contribution in [0.4, 0.5) is 23.7 Å². The number of nitrogens with one attached hydrogen (secondary N) is 1. The quantitative estimate of drug-likeness (QED) is 0.546. The van der Waals surface area contributed by atoms with Crippen molar-refractivity contribution >= 4 is 35.0 Å². The third-order valence-electron chi connectivity index (χ3n) is 3.68. The summed E-state index contributed by atoms with van der Waals surface area (Å²) in [6.45, 7) is 0. The van der Waals surface area contributed by atoms with E-state index in [1.165, 1.54) is 19.2 Å². The zero-order valence-electron chi connectivity index (χ0n) is 14.2. The van der Waals surface area contributed by atoms with Crippen molar-refractivity contribution in [1.29, 1.82) is 0 Å². The summed E-state index contributed by atoms with van der Waals surface area (Å²) in [6.07, 6.45) is -2.88. The van der Waals surface area contributed by atoms with Gasteiger partial charge in [-0.15, -0.1) is 0 Å². The molecule has 1 aromatic heterocycles. The molecule has 1 heterocycles. The Morgan fingerprint density at radius 3 is 2.61 bits per heavy atom. The Morgan fingerprint density at radius 2 is 1.93 bits per heavy atom. The third-order valence-corrected chi connectivity index (χ3v) is 4.42. The molecule has 0 fully saturated rings. The molecule has 3 rings (SSSR count). The molecule has 0 bridgehead atoms. The van der Waals surface area contributed by atoms with E-state index in [-0.39, 0.29) is 10.7 Å². The van der Waals surface area contributed by atoms with Crippen LogP contribution >= 0.6 is 23.2 Å². The minimum absolute atomic E-state index is 0.0610. The average molecular weight is 430 g/mol. The average Bonchev–Trinajstić information content (AvgIpc) is 2.98. The number of anilines is 1. The number of aromatic nitrogens is 2. The minimum Gasteiger partial charge on any atom is -0.406 e. The lowest BCUT2D eigenvalue weighted by Crippen LogP contribution is -2.18. The molecule has 1 N–H and O–H groups in total. The summed E-state index contributed by atoms with van der Waals surface area (Å²) < 4.78 is 45.7. The van der Waals surface area contributed by atoms with Gasteiger partial charge in [-0.1, -0.05) is 29.3 Å². The molecule has 0 unspecified atom stereocenters. The molecule has 146 valence electrons. The van der Waals surface area contributed by atoms with Gasteiger partial charge in [0.2, 0.25) is 0 Å². The lowest BCUT2D eigenvalue weighted by atomic mass is 10.0. The van der Waals surface area contributed by atoms with Gasteiger partial charge in [-0.2, -0.15) is 5.10 Å². The fraction of sp³-hybridized carbons (Fsp3) is 0.111. The van der Waals surface area contributed by atoms with Crippen molar-refractivity contribution in [1.82, 2.24) is 9.78 Å². The highest BCUT2D eigenvalue weighted by Gasteiger charge is 2.22. The number of benzene rings is 2. The molecule has 1 amide bonds. The molecule has 10 heteroatoms. The highest BCUT2D eigenvalue weighted by atomic mass is 35.5. The summed E-state index contributed by atoms with van der Waals surface area (Å²) in [4.78, 5) is 12.2. The molecule has 0 spiro atoms. The monoisotopic (exact) mass is 429 g/mol. The van der Waals surface area contributed by atoms with E-state index in [2.05, 4.69) is 10.4 Å². The van der Waals surface area contributed by atoms with Gasteiger partial charge in [0, 0.05) is 12.6 Å². The zero-order chi connectivity index (χ0) is 20.4. The van der Waals surface area contributed by atoms with Crippen LogP contribution in [0.15, 0.2) is 42.6 Å². The second-order valence-corrected chi connectivity index (χ2v) is 6.50. The molecule has 0 atom stereocenters. The molecule has 0 aliphatic rings. The van der Waals surface area contributed by atoms with Crippen LogP contribution in [0.3, 0.4) is 0 Å². The molecule has 3 aromatic rings. The van der Waals surface area contributed by atoms with Crippen LogP contribution in [0.25, 0.3) is 11.1 Å². The first-order valence-corrected chi connectivity index (χ1v) is 8.55. The molecular formula is C18H12Cl2F3N3O2. The topological polar surface area (TPSA) is 56.1 Å². The predicted octanol–water partition coefficient (Wildman–Crippen LogP) is 6.08. The summed E-state index contributed by atoms with van der Waals surface area (Å²) >= 11 is 11.9. The van der Waals surface area contributed by atoms with E-state index < -0.39 is 29.8 Å². The second-order valence-electron chi connectivity index (χ2n) is 5.69. The maximum atomic E-state index is 13.7. The van der Waals surface area contributed by atoms with E-state index >= 15 is 0 Å². The molecule has 5 nitrogen and oxygen atoms in total. The second kappa shape index (κ2) is 8.12. The minimum atomic E-state index is -2.93. The third kappa shape index (κ3) is 4.40. The number of amides is 1.